The number of benzene rings is 1. The van der Waals surface area contributed by atoms with Gasteiger partial charge in [0.1, 0.15) is 0 Å². The molecule has 1 aliphatic rings. The first-order chi connectivity index (χ1) is 7.18. The van der Waals surface area contributed by atoms with E-state index in [2.05, 4.69) is 11.9 Å². The van der Waals surface area contributed by atoms with Crippen LogP contribution in [0.15, 0.2) is 30.4 Å². The van der Waals surface area contributed by atoms with Crippen molar-refractivity contribution in [3.05, 3.63) is 41.5 Å². The van der Waals surface area contributed by atoms with E-state index in [4.69, 9.17) is 0 Å². The Hall–Kier alpha value is -1.57. The fourth-order valence-corrected chi connectivity index (χ4v) is 1.86. The van der Waals surface area contributed by atoms with Crippen molar-refractivity contribution < 1.29 is 4.79 Å². The van der Waals surface area contributed by atoms with Crippen LogP contribution in [0.1, 0.15) is 29.3 Å². The van der Waals surface area contributed by atoms with Crippen LogP contribution in [0.2, 0.25) is 0 Å². The van der Waals surface area contributed by atoms with Crippen molar-refractivity contribution in [3.63, 3.8) is 0 Å². The van der Waals surface area contributed by atoms with Crippen LogP contribution >= 0.6 is 0 Å². The highest BCUT2D eigenvalue weighted by Crippen LogP contribution is 2.23. The van der Waals surface area contributed by atoms with Gasteiger partial charge in [0.15, 0.2) is 5.78 Å². The summed E-state index contributed by atoms with van der Waals surface area (Å²) in [5, 5.41) is 3.32. The van der Waals surface area contributed by atoms with Crippen molar-refractivity contribution in [3.8, 4) is 0 Å². The zero-order chi connectivity index (χ0) is 10.8. The van der Waals surface area contributed by atoms with Crippen LogP contribution in [0, 0.1) is 0 Å². The Kier molecular flexibility index (Phi) is 2.58. The molecule has 2 heteroatoms. The zero-order valence-corrected chi connectivity index (χ0v) is 8.97. The molecular formula is C13H15NO. The summed E-state index contributed by atoms with van der Waals surface area (Å²) < 4.78 is 0. The topological polar surface area (TPSA) is 29.1 Å². The third-order valence-corrected chi connectivity index (χ3v) is 2.69. The fourth-order valence-electron chi connectivity index (χ4n) is 1.86. The standard InChI is InChI=1S/C13H15NO/c1-9(2)13(15)11-5-6-12-10(8-11)4-3-7-14-12/h5-6,8,14H,1,3-4,7H2,2H3. The Balaban J connectivity index is 2.36. The summed E-state index contributed by atoms with van der Waals surface area (Å²) in [6, 6.07) is 5.84. The number of carbonyl (C=O) groups is 1. The molecule has 0 saturated heterocycles. The number of hydrogen-bond acceptors (Lipinski definition) is 2. The molecule has 0 atom stereocenters. The SMILES string of the molecule is C=C(C)C(=O)c1ccc2c(c1)CCCN2. The molecule has 0 fully saturated rings. The summed E-state index contributed by atoms with van der Waals surface area (Å²) in [6.45, 7) is 6.46. The molecule has 78 valence electrons. The van der Waals surface area contributed by atoms with Crippen molar-refractivity contribution in [2.24, 2.45) is 0 Å². The first-order valence-corrected chi connectivity index (χ1v) is 5.25. The van der Waals surface area contributed by atoms with Gasteiger partial charge < -0.3 is 5.32 Å². The molecule has 1 N–H and O–H groups in total. The molecule has 15 heavy (non-hydrogen) atoms. The number of anilines is 1. The van der Waals surface area contributed by atoms with E-state index in [1.54, 1.807) is 6.92 Å². The molecular weight excluding hydrogens is 186 g/mol. The second-order valence-electron chi connectivity index (χ2n) is 4.01. The van der Waals surface area contributed by atoms with Gasteiger partial charge in [-0.2, -0.15) is 0 Å². The van der Waals surface area contributed by atoms with Crippen molar-refractivity contribution in [1.29, 1.82) is 0 Å². The number of Topliss-reactive ketones (excluding diaryl/α,β-unsaturated/α-hetero) is 1. The minimum Gasteiger partial charge on any atom is -0.385 e. The molecule has 0 aliphatic carbocycles. The lowest BCUT2D eigenvalue weighted by molar-refractivity contribution is 0.103. The third kappa shape index (κ3) is 1.94. The zero-order valence-electron chi connectivity index (χ0n) is 8.97. The lowest BCUT2D eigenvalue weighted by Gasteiger charge is -2.18. The maximum atomic E-state index is 11.7. The molecule has 0 radical (unpaired) electrons. The number of aryl methyl sites for hydroxylation is 1. The molecule has 1 heterocycles. The van der Waals surface area contributed by atoms with E-state index in [1.807, 2.05) is 18.2 Å². The van der Waals surface area contributed by atoms with Crippen LogP contribution in [-0.2, 0) is 6.42 Å². The number of fused-ring (bicyclic) bond motifs is 1. The summed E-state index contributed by atoms with van der Waals surface area (Å²) >= 11 is 0. The molecule has 2 rings (SSSR count). The molecule has 2 nitrogen and oxygen atoms in total. The molecule has 0 unspecified atom stereocenters. The van der Waals surface area contributed by atoms with Gasteiger partial charge in [0.25, 0.3) is 0 Å². The van der Waals surface area contributed by atoms with Crippen LogP contribution in [0.3, 0.4) is 0 Å². The summed E-state index contributed by atoms with van der Waals surface area (Å²) in [4.78, 5) is 11.7. The van der Waals surface area contributed by atoms with Gasteiger partial charge in [-0.05, 0) is 49.1 Å². The van der Waals surface area contributed by atoms with Crippen LogP contribution in [0.25, 0.3) is 0 Å². The normalized spacial score (nSPS) is 13.9. The number of allylic oxidation sites excluding steroid dienone is 1. The number of ketones is 1. The smallest absolute Gasteiger partial charge is 0.188 e. The van der Waals surface area contributed by atoms with Crippen LogP contribution in [-0.4, -0.2) is 12.3 Å². The van der Waals surface area contributed by atoms with Crippen LogP contribution in [0.5, 0.6) is 0 Å². The van der Waals surface area contributed by atoms with E-state index in [9.17, 15) is 4.79 Å². The summed E-state index contributed by atoms with van der Waals surface area (Å²) in [7, 11) is 0. The van der Waals surface area contributed by atoms with Crippen molar-refractivity contribution in [2.75, 3.05) is 11.9 Å². The van der Waals surface area contributed by atoms with E-state index in [1.165, 1.54) is 11.3 Å². The van der Waals surface area contributed by atoms with Gasteiger partial charge in [0, 0.05) is 17.8 Å². The van der Waals surface area contributed by atoms with Gasteiger partial charge in [-0.15, -0.1) is 0 Å². The highest BCUT2D eigenvalue weighted by molar-refractivity contribution is 6.08. The van der Waals surface area contributed by atoms with Crippen molar-refractivity contribution in [2.45, 2.75) is 19.8 Å². The Morgan fingerprint density at radius 1 is 1.47 bits per heavy atom. The van der Waals surface area contributed by atoms with E-state index in [-0.39, 0.29) is 5.78 Å². The minimum absolute atomic E-state index is 0.0448. The first-order valence-electron chi connectivity index (χ1n) is 5.25. The molecule has 1 aromatic rings. The second kappa shape index (κ2) is 3.89. The number of nitrogens with one attached hydrogen (secondary N) is 1. The van der Waals surface area contributed by atoms with Crippen molar-refractivity contribution in [1.82, 2.24) is 0 Å². The number of carbonyl (C=O) groups excluding carboxylic acids is 1. The number of hydrogen-bond donors (Lipinski definition) is 1. The summed E-state index contributed by atoms with van der Waals surface area (Å²) in [5.74, 6) is 0.0448. The van der Waals surface area contributed by atoms with Gasteiger partial charge in [-0.25, -0.2) is 0 Å². The average molecular weight is 201 g/mol. The molecule has 0 bridgehead atoms. The first kappa shape index (κ1) is 9.97. The molecule has 1 aromatic carbocycles. The van der Waals surface area contributed by atoms with E-state index < -0.39 is 0 Å². The van der Waals surface area contributed by atoms with E-state index in [0.717, 1.165) is 24.9 Å². The molecule has 0 spiro atoms. The van der Waals surface area contributed by atoms with Crippen molar-refractivity contribution >= 4 is 11.5 Å². The van der Waals surface area contributed by atoms with Gasteiger partial charge in [-0.1, -0.05) is 6.58 Å². The van der Waals surface area contributed by atoms with Crippen LogP contribution in [0.4, 0.5) is 5.69 Å². The van der Waals surface area contributed by atoms with Crippen LogP contribution < -0.4 is 5.32 Å². The van der Waals surface area contributed by atoms with Gasteiger partial charge in [0.05, 0.1) is 0 Å². The molecule has 0 aromatic heterocycles. The Labute approximate surface area is 90.0 Å². The molecule has 0 amide bonds. The quantitative estimate of drug-likeness (QED) is 0.589. The largest absolute Gasteiger partial charge is 0.385 e. The summed E-state index contributed by atoms with van der Waals surface area (Å²) in [6.07, 6.45) is 2.19. The predicted octanol–water partition coefficient (Wildman–Crippen LogP) is 2.80. The van der Waals surface area contributed by atoms with Gasteiger partial charge in [-0.3, -0.25) is 4.79 Å². The Morgan fingerprint density at radius 3 is 3.00 bits per heavy atom. The highest BCUT2D eigenvalue weighted by Gasteiger charge is 2.12. The maximum absolute atomic E-state index is 11.7. The second-order valence-corrected chi connectivity index (χ2v) is 4.01. The third-order valence-electron chi connectivity index (χ3n) is 2.69. The maximum Gasteiger partial charge on any atom is 0.188 e. The van der Waals surface area contributed by atoms with E-state index in [0.29, 0.717) is 5.57 Å². The molecule has 0 saturated carbocycles. The number of rotatable bonds is 2. The molecule has 1 aliphatic heterocycles. The minimum atomic E-state index is 0.0448. The fraction of sp³-hybridized carbons (Fsp3) is 0.308. The Bertz CT molecular complexity index is 421. The summed E-state index contributed by atoms with van der Waals surface area (Å²) in [5.41, 5.74) is 3.76. The lowest BCUT2D eigenvalue weighted by atomic mass is 9.97. The average Bonchev–Trinajstić information content (AvgIpc) is 2.27. The van der Waals surface area contributed by atoms with Gasteiger partial charge >= 0.3 is 0 Å². The predicted molar refractivity (Wildman–Crippen MR) is 62.4 cm³/mol. The highest BCUT2D eigenvalue weighted by atomic mass is 16.1. The lowest BCUT2D eigenvalue weighted by Crippen LogP contribution is -2.12. The van der Waals surface area contributed by atoms with E-state index >= 15 is 0 Å². The Morgan fingerprint density at radius 2 is 2.27 bits per heavy atom. The van der Waals surface area contributed by atoms with Gasteiger partial charge in [0.2, 0.25) is 0 Å². The monoisotopic (exact) mass is 201 g/mol.